The summed E-state index contributed by atoms with van der Waals surface area (Å²) < 4.78 is 13.2. The van der Waals surface area contributed by atoms with Gasteiger partial charge in [0, 0.05) is 6.54 Å². The molecule has 18 heavy (non-hydrogen) atoms. The van der Waals surface area contributed by atoms with Gasteiger partial charge in [0.25, 0.3) is 5.91 Å². The van der Waals surface area contributed by atoms with Crippen molar-refractivity contribution in [3.8, 4) is 0 Å². The van der Waals surface area contributed by atoms with Crippen LogP contribution in [0.5, 0.6) is 0 Å². The minimum absolute atomic E-state index is 0.0934. The molecule has 0 aliphatic heterocycles. The van der Waals surface area contributed by atoms with Gasteiger partial charge in [-0.2, -0.15) is 0 Å². The lowest BCUT2D eigenvalue weighted by Gasteiger charge is -2.10. The molecule has 0 aromatic heterocycles. The van der Waals surface area contributed by atoms with Crippen molar-refractivity contribution in [2.45, 2.75) is 6.42 Å². The predicted octanol–water partition coefficient (Wildman–Crippen LogP) is 2.81. The molecular formula is C12H15Cl2FN2O. The van der Waals surface area contributed by atoms with E-state index < -0.39 is 11.7 Å². The Bertz CT molecular complexity index is 438. The molecule has 0 saturated carbocycles. The van der Waals surface area contributed by atoms with Crippen molar-refractivity contribution in [3.63, 3.8) is 0 Å². The Kier molecular flexibility index (Phi) is 5.85. The second-order valence-electron chi connectivity index (χ2n) is 4.16. The maximum absolute atomic E-state index is 13.2. The molecule has 3 nitrogen and oxygen atoms in total. The summed E-state index contributed by atoms with van der Waals surface area (Å²) in [6.45, 7) is 1.38. The molecule has 1 rings (SSSR count). The van der Waals surface area contributed by atoms with Crippen molar-refractivity contribution < 1.29 is 9.18 Å². The number of nitrogens with one attached hydrogen (secondary N) is 1. The van der Waals surface area contributed by atoms with Crippen LogP contribution in [0.25, 0.3) is 0 Å². The number of amides is 1. The standard InChI is InChI=1S/C12H15Cl2FN2O/c1-17(2)5-3-4-16-12(18)8-6-11(15)10(14)7-9(8)13/h6-7H,3-5H2,1-2H3,(H,16,18). The van der Waals surface area contributed by atoms with E-state index in [0.29, 0.717) is 6.54 Å². The van der Waals surface area contributed by atoms with Gasteiger partial charge in [0.1, 0.15) is 5.82 Å². The van der Waals surface area contributed by atoms with Crippen molar-refractivity contribution in [2.75, 3.05) is 27.2 Å². The largest absolute Gasteiger partial charge is 0.352 e. The van der Waals surface area contributed by atoms with Gasteiger partial charge in [-0.05, 0) is 39.2 Å². The number of halogens is 3. The zero-order valence-electron chi connectivity index (χ0n) is 10.3. The highest BCUT2D eigenvalue weighted by Gasteiger charge is 2.13. The number of carbonyl (C=O) groups excluding carboxylic acids is 1. The Morgan fingerprint density at radius 2 is 2.00 bits per heavy atom. The van der Waals surface area contributed by atoms with E-state index in [1.165, 1.54) is 6.07 Å². The number of hydrogen-bond acceptors (Lipinski definition) is 2. The average molecular weight is 293 g/mol. The van der Waals surface area contributed by atoms with Crippen molar-refractivity contribution in [1.82, 2.24) is 10.2 Å². The summed E-state index contributed by atoms with van der Waals surface area (Å²) in [5.41, 5.74) is 0.100. The molecule has 0 atom stereocenters. The van der Waals surface area contributed by atoms with Crippen LogP contribution in [0.4, 0.5) is 4.39 Å². The molecule has 6 heteroatoms. The van der Waals surface area contributed by atoms with Gasteiger partial charge in [-0.3, -0.25) is 4.79 Å². The Hall–Kier alpha value is -0.840. The fraction of sp³-hybridized carbons (Fsp3) is 0.417. The highest BCUT2D eigenvalue weighted by Crippen LogP contribution is 2.24. The molecule has 0 bridgehead atoms. The summed E-state index contributed by atoms with van der Waals surface area (Å²) in [5, 5.41) is 2.73. The second-order valence-corrected chi connectivity index (χ2v) is 4.97. The Balaban J connectivity index is 2.59. The molecule has 1 amide bonds. The Morgan fingerprint density at radius 3 is 2.61 bits per heavy atom. The second kappa shape index (κ2) is 6.92. The minimum Gasteiger partial charge on any atom is -0.352 e. The van der Waals surface area contributed by atoms with E-state index >= 15 is 0 Å². The van der Waals surface area contributed by atoms with Crippen LogP contribution >= 0.6 is 23.2 Å². The molecule has 100 valence electrons. The molecule has 0 aliphatic carbocycles. The molecule has 1 N–H and O–H groups in total. The van der Waals surface area contributed by atoms with Crippen molar-refractivity contribution in [2.24, 2.45) is 0 Å². The number of nitrogens with zero attached hydrogens (tertiary/aromatic N) is 1. The Labute approximate surface area is 116 Å². The van der Waals surface area contributed by atoms with Gasteiger partial charge >= 0.3 is 0 Å². The summed E-state index contributed by atoms with van der Waals surface area (Å²) in [4.78, 5) is 13.8. The van der Waals surface area contributed by atoms with Crippen LogP contribution in [0.3, 0.4) is 0 Å². The molecule has 0 saturated heterocycles. The average Bonchev–Trinajstić information content (AvgIpc) is 2.28. The number of carbonyl (C=O) groups is 1. The molecule has 1 aromatic rings. The van der Waals surface area contributed by atoms with Crippen LogP contribution in [-0.2, 0) is 0 Å². The van der Waals surface area contributed by atoms with Crippen LogP contribution in [0.1, 0.15) is 16.8 Å². The van der Waals surface area contributed by atoms with E-state index in [2.05, 4.69) is 5.32 Å². The van der Waals surface area contributed by atoms with E-state index in [4.69, 9.17) is 23.2 Å². The molecule has 0 aliphatic rings. The summed E-state index contributed by atoms with van der Waals surface area (Å²) in [6, 6.07) is 2.28. The lowest BCUT2D eigenvalue weighted by Crippen LogP contribution is -2.27. The zero-order valence-corrected chi connectivity index (χ0v) is 11.8. The maximum atomic E-state index is 13.2. The molecule has 0 heterocycles. The van der Waals surface area contributed by atoms with E-state index in [0.717, 1.165) is 19.0 Å². The Morgan fingerprint density at radius 1 is 1.33 bits per heavy atom. The zero-order chi connectivity index (χ0) is 13.7. The fourth-order valence-corrected chi connectivity index (χ4v) is 1.86. The molecular weight excluding hydrogens is 278 g/mol. The van der Waals surface area contributed by atoms with Gasteiger partial charge in [-0.15, -0.1) is 0 Å². The topological polar surface area (TPSA) is 32.3 Å². The van der Waals surface area contributed by atoms with Gasteiger partial charge in [-0.1, -0.05) is 23.2 Å². The first-order valence-electron chi connectivity index (χ1n) is 5.49. The minimum atomic E-state index is -0.653. The van der Waals surface area contributed by atoms with Crippen LogP contribution in [0.2, 0.25) is 10.0 Å². The highest BCUT2D eigenvalue weighted by molar-refractivity contribution is 6.36. The van der Waals surface area contributed by atoms with Crippen molar-refractivity contribution >= 4 is 29.1 Å². The number of hydrogen-bond donors (Lipinski definition) is 1. The lowest BCUT2D eigenvalue weighted by atomic mass is 10.2. The van der Waals surface area contributed by atoms with Crippen LogP contribution in [0.15, 0.2) is 12.1 Å². The normalized spacial score (nSPS) is 10.8. The third-order valence-corrected chi connectivity index (χ3v) is 2.92. The van der Waals surface area contributed by atoms with E-state index in [-0.39, 0.29) is 15.6 Å². The lowest BCUT2D eigenvalue weighted by molar-refractivity contribution is 0.0952. The van der Waals surface area contributed by atoms with Crippen LogP contribution in [0, 0.1) is 5.82 Å². The van der Waals surface area contributed by atoms with Gasteiger partial charge in [0.2, 0.25) is 0 Å². The maximum Gasteiger partial charge on any atom is 0.252 e. The third-order valence-electron chi connectivity index (χ3n) is 2.32. The van der Waals surface area contributed by atoms with Crippen LogP contribution < -0.4 is 5.32 Å². The van der Waals surface area contributed by atoms with Crippen molar-refractivity contribution in [1.29, 1.82) is 0 Å². The highest BCUT2D eigenvalue weighted by atomic mass is 35.5. The number of rotatable bonds is 5. The summed E-state index contributed by atoms with van der Waals surface area (Å²) in [5.74, 6) is -1.05. The fourth-order valence-electron chi connectivity index (χ4n) is 1.39. The van der Waals surface area contributed by atoms with E-state index in [9.17, 15) is 9.18 Å². The predicted molar refractivity (Wildman–Crippen MR) is 71.9 cm³/mol. The van der Waals surface area contributed by atoms with Gasteiger partial charge in [-0.25, -0.2) is 4.39 Å². The monoisotopic (exact) mass is 292 g/mol. The van der Waals surface area contributed by atoms with Gasteiger partial charge in [0.15, 0.2) is 0 Å². The van der Waals surface area contributed by atoms with E-state index in [1.807, 2.05) is 19.0 Å². The molecule has 0 radical (unpaired) electrons. The first-order chi connectivity index (χ1) is 8.41. The molecule has 0 unspecified atom stereocenters. The molecule has 0 spiro atoms. The summed E-state index contributed by atoms with van der Waals surface area (Å²) in [7, 11) is 3.90. The summed E-state index contributed by atoms with van der Waals surface area (Å²) >= 11 is 11.4. The van der Waals surface area contributed by atoms with E-state index in [1.54, 1.807) is 0 Å². The molecule has 1 aromatic carbocycles. The third kappa shape index (κ3) is 4.44. The number of benzene rings is 1. The van der Waals surface area contributed by atoms with Gasteiger partial charge < -0.3 is 10.2 Å². The quantitative estimate of drug-likeness (QED) is 0.669. The smallest absolute Gasteiger partial charge is 0.252 e. The SMILES string of the molecule is CN(C)CCCNC(=O)c1cc(F)c(Cl)cc1Cl. The van der Waals surface area contributed by atoms with Crippen molar-refractivity contribution in [3.05, 3.63) is 33.6 Å². The van der Waals surface area contributed by atoms with Crippen LogP contribution in [-0.4, -0.2) is 38.0 Å². The first-order valence-corrected chi connectivity index (χ1v) is 6.25. The molecule has 0 fully saturated rings. The first kappa shape index (κ1) is 15.2. The summed E-state index contributed by atoms with van der Waals surface area (Å²) in [6.07, 6.45) is 0.812. The van der Waals surface area contributed by atoms with Gasteiger partial charge in [0.05, 0.1) is 15.6 Å².